The quantitative estimate of drug-likeness (QED) is 0.787. The van der Waals surface area contributed by atoms with Gasteiger partial charge >= 0.3 is 6.18 Å². The zero-order valence-electron chi connectivity index (χ0n) is 14.1. The number of hydrogen-bond acceptors (Lipinski definition) is 3. The zero-order valence-corrected chi connectivity index (χ0v) is 14.9. The van der Waals surface area contributed by atoms with Gasteiger partial charge < -0.3 is 9.80 Å². The molecular weight excluding hydrogens is 349 g/mol. The number of rotatable bonds is 2. The van der Waals surface area contributed by atoms with Crippen LogP contribution in [-0.4, -0.2) is 37.0 Å². The molecule has 0 N–H and O–H groups in total. The molecule has 2 aromatic rings. The van der Waals surface area contributed by atoms with Crippen molar-refractivity contribution in [2.75, 3.05) is 31.1 Å². The van der Waals surface area contributed by atoms with Crippen molar-refractivity contribution in [1.82, 2.24) is 4.90 Å². The maximum atomic E-state index is 12.9. The number of aryl methyl sites for hydroxylation is 2. The van der Waals surface area contributed by atoms with Crippen LogP contribution in [0.3, 0.4) is 0 Å². The Morgan fingerprint density at radius 1 is 1.08 bits per heavy atom. The van der Waals surface area contributed by atoms with Gasteiger partial charge in [0.25, 0.3) is 5.91 Å². The third-order valence-electron chi connectivity index (χ3n) is 4.38. The summed E-state index contributed by atoms with van der Waals surface area (Å²) in [5.74, 6) is 0.00513. The summed E-state index contributed by atoms with van der Waals surface area (Å²) >= 11 is 1.60. The lowest BCUT2D eigenvalue weighted by molar-refractivity contribution is -0.137. The van der Waals surface area contributed by atoms with Gasteiger partial charge in [-0.15, -0.1) is 11.3 Å². The first-order chi connectivity index (χ1) is 11.8. The predicted molar refractivity (Wildman–Crippen MR) is 93.4 cm³/mol. The Labute approximate surface area is 148 Å². The fourth-order valence-corrected chi connectivity index (χ4v) is 3.98. The molecule has 0 atom stereocenters. The fraction of sp³-hybridized carbons (Fsp3) is 0.389. The van der Waals surface area contributed by atoms with Crippen LogP contribution in [0.2, 0.25) is 0 Å². The van der Waals surface area contributed by atoms with E-state index >= 15 is 0 Å². The molecule has 2 heterocycles. The molecule has 0 radical (unpaired) electrons. The largest absolute Gasteiger partial charge is 0.416 e. The molecular formula is C18H19F3N2OS. The minimum atomic E-state index is -4.35. The Hall–Kier alpha value is -2.02. The van der Waals surface area contributed by atoms with Crippen molar-refractivity contribution in [3.63, 3.8) is 0 Å². The van der Waals surface area contributed by atoms with Crippen molar-refractivity contribution in [3.05, 3.63) is 51.2 Å². The van der Waals surface area contributed by atoms with E-state index in [-0.39, 0.29) is 5.91 Å². The molecule has 7 heteroatoms. The smallest absolute Gasteiger partial charge is 0.368 e. The number of halogens is 3. The second-order valence-electron chi connectivity index (χ2n) is 6.15. The number of alkyl halides is 3. The molecule has 1 aromatic heterocycles. The van der Waals surface area contributed by atoms with Gasteiger partial charge in [-0.1, -0.05) is 6.07 Å². The van der Waals surface area contributed by atoms with Crippen molar-refractivity contribution in [2.24, 2.45) is 0 Å². The molecule has 25 heavy (non-hydrogen) atoms. The summed E-state index contributed by atoms with van der Waals surface area (Å²) in [5.41, 5.74) is 0.632. The van der Waals surface area contributed by atoms with Crippen molar-refractivity contribution in [2.45, 2.75) is 20.0 Å². The molecule has 1 aliphatic rings. The SMILES string of the molecule is Cc1cc(C(=O)N2CCN(c3cccc(C(F)(F)F)c3)CC2)c(C)s1. The van der Waals surface area contributed by atoms with Crippen LogP contribution in [0.15, 0.2) is 30.3 Å². The maximum absolute atomic E-state index is 12.9. The van der Waals surface area contributed by atoms with Gasteiger partial charge in [-0.05, 0) is 38.1 Å². The van der Waals surface area contributed by atoms with E-state index in [1.807, 2.05) is 24.8 Å². The van der Waals surface area contributed by atoms with Crippen LogP contribution in [0.1, 0.15) is 25.7 Å². The molecule has 3 rings (SSSR count). The van der Waals surface area contributed by atoms with E-state index in [1.165, 1.54) is 12.1 Å². The average Bonchev–Trinajstić information content (AvgIpc) is 2.92. The summed E-state index contributed by atoms with van der Waals surface area (Å²) in [7, 11) is 0. The van der Waals surface area contributed by atoms with E-state index in [1.54, 1.807) is 22.3 Å². The van der Waals surface area contributed by atoms with E-state index in [9.17, 15) is 18.0 Å². The molecule has 1 saturated heterocycles. The zero-order chi connectivity index (χ0) is 18.2. The Balaban J connectivity index is 1.68. The van der Waals surface area contributed by atoms with Crippen molar-refractivity contribution in [3.8, 4) is 0 Å². The van der Waals surface area contributed by atoms with Crippen LogP contribution in [0.25, 0.3) is 0 Å². The van der Waals surface area contributed by atoms with Crippen molar-refractivity contribution >= 4 is 22.9 Å². The summed E-state index contributed by atoms with van der Waals surface area (Å²) in [4.78, 5) is 18.4. The highest BCUT2D eigenvalue weighted by Crippen LogP contribution is 2.32. The number of hydrogen-bond donors (Lipinski definition) is 0. The molecule has 0 spiro atoms. The second-order valence-corrected chi connectivity index (χ2v) is 7.61. The van der Waals surface area contributed by atoms with Gasteiger partial charge in [0.1, 0.15) is 0 Å². The predicted octanol–water partition coefficient (Wildman–Crippen LogP) is 4.35. The van der Waals surface area contributed by atoms with E-state index in [0.29, 0.717) is 31.9 Å². The first-order valence-corrected chi connectivity index (χ1v) is 8.86. The van der Waals surface area contributed by atoms with Crippen molar-refractivity contribution in [1.29, 1.82) is 0 Å². The van der Waals surface area contributed by atoms with Gasteiger partial charge in [0.15, 0.2) is 0 Å². The highest BCUT2D eigenvalue weighted by atomic mass is 32.1. The molecule has 0 unspecified atom stereocenters. The minimum absolute atomic E-state index is 0.00513. The summed E-state index contributed by atoms with van der Waals surface area (Å²) in [6.07, 6.45) is -4.35. The summed E-state index contributed by atoms with van der Waals surface area (Å²) < 4.78 is 38.6. The summed E-state index contributed by atoms with van der Waals surface area (Å²) in [6.45, 7) is 5.96. The fourth-order valence-electron chi connectivity index (χ4n) is 3.06. The van der Waals surface area contributed by atoms with Crippen LogP contribution in [-0.2, 0) is 6.18 Å². The number of thiophene rings is 1. The number of nitrogens with zero attached hydrogens (tertiary/aromatic N) is 2. The van der Waals surface area contributed by atoms with Crippen molar-refractivity contribution < 1.29 is 18.0 Å². The number of carbonyl (C=O) groups is 1. The molecule has 134 valence electrons. The van der Waals surface area contributed by atoms with Gasteiger partial charge in [0.05, 0.1) is 11.1 Å². The third kappa shape index (κ3) is 3.81. The van der Waals surface area contributed by atoms with Gasteiger partial charge in [-0.3, -0.25) is 4.79 Å². The standard InChI is InChI=1S/C18H19F3N2OS/c1-12-10-16(13(2)25-12)17(24)23-8-6-22(7-9-23)15-5-3-4-14(11-15)18(19,20)21/h3-5,10-11H,6-9H2,1-2H3. The first-order valence-electron chi connectivity index (χ1n) is 8.04. The van der Waals surface area contributed by atoms with E-state index < -0.39 is 11.7 Å². The van der Waals surface area contributed by atoms with Gasteiger partial charge in [-0.2, -0.15) is 13.2 Å². The normalized spacial score (nSPS) is 15.6. The highest BCUT2D eigenvalue weighted by molar-refractivity contribution is 7.12. The Morgan fingerprint density at radius 2 is 1.76 bits per heavy atom. The molecule has 3 nitrogen and oxygen atoms in total. The van der Waals surface area contributed by atoms with Gasteiger partial charge in [-0.25, -0.2) is 0 Å². The van der Waals surface area contributed by atoms with Gasteiger partial charge in [0, 0.05) is 41.6 Å². The average molecular weight is 368 g/mol. The Bertz CT molecular complexity index is 777. The lowest BCUT2D eigenvalue weighted by atomic mass is 10.1. The van der Waals surface area contributed by atoms with Crippen LogP contribution < -0.4 is 4.90 Å². The molecule has 0 saturated carbocycles. The molecule has 0 bridgehead atoms. The molecule has 0 aliphatic carbocycles. The number of carbonyl (C=O) groups excluding carboxylic acids is 1. The number of benzene rings is 1. The summed E-state index contributed by atoms with van der Waals surface area (Å²) in [6, 6.07) is 7.25. The number of anilines is 1. The lowest BCUT2D eigenvalue weighted by Crippen LogP contribution is -2.48. The second kappa shape index (κ2) is 6.71. The van der Waals surface area contributed by atoms with Crippen LogP contribution in [0.5, 0.6) is 0 Å². The topological polar surface area (TPSA) is 23.6 Å². The highest BCUT2D eigenvalue weighted by Gasteiger charge is 2.31. The number of piperazine rings is 1. The molecule has 1 amide bonds. The lowest BCUT2D eigenvalue weighted by Gasteiger charge is -2.36. The Morgan fingerprint density at radius 3 is 2.32 bits per heavy atom. The van der Waals surface area contributed by atoms with E-state index in [4.69, 9.17) is 0 Å². The first kappa shape index (κ1) is 17.8. The van der Waals surface area contributed by atoms with E-state index in [2.05, 4.69) is 0 Å². The maximum Gasteiger partial charge on any atom is 0.416 e. The Kier molecular flexibility index (Phi) is 4.77. The molecule has 1 fully saturated rings. The van der Waals surface area contributed by atoms with Crippen LogP contribution >= 0.6 is 11.3 Å². The van der Waals surface area contributed by atoms with Crippen LogP contribution in [0.4, 0.5) is 18.9 Å². The number of amides is 1. The van der Waals surface area contributed by atoms with Gasteiger partial charge in [0.2, 0.25) is 0 Å². The summed E-state index contributed by atoms with van der Waals surface area (Å²) in [5, 5.41) is 0. The molecule has 1 aliphatic heterocycles. The van der Waals surface area contributed by atoms with Crippen LogP contribution in [0, 0.1) is 13.8 Å². The molecule has 1 aromatic carbocycles. The monoisotopic (exact) mass is 368 g/mol. The third-order valence-corrected chi connectivity index (χ3v) is 5.34. The minimum Gasteiger partial charge on any atom is -0.368 e. The van der Waals surface area contributed by atoms with E-state index in [0.717, 1.165) is 21.4 Å².